The molecule has 0 unspecified atom stereocenters. The van der Waals surface area contributed by atoms with Gasteiger partial charge >= 0.3 is 0 Å². The summed E-state index contributed by atoms with van der Waals surface area (Å²) in [5.41, 5.74) is 4.52. The van der Waals surface area contributed by atoms with Crippen molar-refractivity contribution < 1.29 is 32.7 Å². The van der Waals surface area contributed by atoms with Crippen molar-refractivity contribution in [3.05, 3.63) is 105 Å². The zero-order valence-corrected chi connectivity index (χ0v) is 39.5. The number of amides is 1. The van der Waals surface area contributed by atoms with Crippen molar-refractivity contribution in [2.24, 2.45) is 11.3 Å². The third kappa shape index (κ3) is 8.95. The summed E-state index contributed by atoms with van der Waals surface area (Å²) in [6.07, 6.45) is 11.1. The third-order valence-corrected chi connectivity index (χ3v) is 16.8. The number of likely N-dealkylation sites (tertiary alicyclic amines) is 1. The van der Waals surface area contributed by atoms with Gasteiger partial charge in [-0.15, -0.1) is 0 Å². The molecule has 16 heteroatoms. The Morgan fingerprint density at radius 3 is 2.52 bits per heavy atom. The number of nitrogens with one attached hydrogen (secondary N) is 3. The van der Waals surface area contributed by atoms with Crippen LogP contribution in [0.5, 0.6) is 17.2 Å². The van der Waals surface area contributed by atoms with Gasteiger partial charge in [0.1, 0.15) is 23.8 Å². The Labute approximate surface area is 391 Å². The van der Waals surface area contributed by atoms with Crippen molar-refractivity contribution in [1.82, 2.24) is 19.6 Å². The number of carbonyl (C=O) groups excluding carboxylic acids is 1. The Hall–Kier alpha value is -5.71. The number of aryl methyl sites for hydroxylation is 1. The van der Waals surface area contributed by atoms with E-state index in [2.05, 4.69) is 67.9 Å². The molecule has 5 aliphatic rings. The number of nitro benzene ring substituents is 1. The fourth-order valence-corrected chi connectivity index (χ4v) is 12.7. The van der Waals surface area contributed by atoms with Crippen LogP contribution in [-0.4, -0.2) is 83.1 Å². The SMILES string of the molecule is Cc1cc2cc(Oc3cc(N4CCC5(CC4)CC(N4CCC[C@@H]4c4ccccc4C(C)C)C5)ccc3C(=O)NS(=O)(=O)c3cc4c(c([N+](=O)[O-])c3)N[C@@H](C3CCC(C)(O)CC3)CO4)cnc2[nH]1. The van der Waals surface area contributed by atoms with Crippen molar-refractivity contribution in [2.75, 3.05) is 36.5 Å². The molecule has 15 nitrogen and oxygen atoms in total. The maximum atomic E-state index is 14.2. The van der Waals surface area contributed by atoms with Crippen molar-refractivity contribution in [3.8, 4) is 17.2 Å². The molecule has 10 rings (SSSR count). The number of piperidine rings is 1. The summed E-state index contributed by atoms with van der Waals surface area (Å²) in [6, 6.07) is 20.9. The highest BCUT2D eigenvalue weighted by Crippen LogP contribution is 2.54. The number of sulfonamides is 1. The molecule has 4 fully saturated rings. The number of fused-ring (bicyclic) bond motifs is 2. The quantitative estimate of drug-likeness (QED) is 0.0726. The number of aromatic nitrogens is 2. The summed E-state index contributed by atoms with van der Waals surface area (Å²) < 4.78 is 42.6. The van der Waals surface area contributed by atoms with Gasteiger partial charge in [0.25, 0.3) is 21.6 Å². The maximum absolute atomic E-state index is 14.2. The minimum atomic E-state index is -4.66. The van der Waals surface area contributed by atoms with Gasteiger partial charge in [0.05, 0.1) is 33.2 Å². The minimum absolute atomic E-state index is 0.00530. The molecule has 5 heterocycles. The lowest BCUT2D eigenvalue weighted by Crippen LogP contribution is -2.54. The van der Waals surface area contributed by atoms with E-state index in [0.717, 1.165) is 55.3 Å². The average molecular weight is 932 g/mol. The molecule has 2 atom stereocenters. The minimum Gasteiger partial charge on any atom is -0.489 e. The largest absolute Gasteiger partial charge is 0.489 e. The van der Waals surface area contributed by atoms with E-state index in [1.807, 2.05) is 32.0 Å². The van der Waals surface area contributed by atoms with E-state index in [1.54, 1.807) is 18.3 Å². The van der Waals surface area contributed by atoms with Crippen LogP contribution in [-0.2, 0) is 10.0 Å². The summed E-state index contributed by atoms with van der Waals surface area (Å²) in [4.78, 5) is 38.2. The van der Waals surface area contributed by atoms with Crippen LogP contribution in [0.4, 0.5) is 17.1 Å². The topological polar surface area (TPSA) is 192 Å². The predicted octanol–water partition coefficient (Wildman–Crippen LogP) is 9.51. The van der Waals surface area contributed by atoms with Crippen molar-refractivity contribution in [1.29, 1.82) is 0 Å². The van der Waals surface area contributed by atoms with Crippen LogP contribution in [0, 0.1) is 28.4 Å². The molecule has 2 saturated heterocycles. The lowest BCUT2D eigenvalue weighted by atomic mass is 9.59. The molecular formula is C51H61N7O8S. The van der Waals surface area contributed by atoms with Crippen LogP contribution in [0.15, 0.2) is 77.8 Å². The zero-order chi connectivity index (χ0) is 46.8. The van der Waals surface area contributed by atoms with Gasteiger partial charge in [-0.05, 0) is 137 Å². The molecule has 1 amide bonds. The highest BCUT2D eigenvalue weighted by Gasteiger charge is 2.50. The number of carbonyl (C=O) groups is 1. The average Bonchev–Trinajstić information content (AvgIpc) is 3.93. The molecule has 0 radical (unpaired) electrons. The number of hydrogen-bond acceptors (Lipinski definition) is 12. The molecule has 2 aromatic heterocycles. The van der Waals surface area contributed by atoms with Gasteiger partial charge in [-0.2, -0.15) is 0 Å². The maximum Gasteiger partial charge on any atom is 0.297 e. The number of benzene rings is 3. The molecule has 2 saturated carbocycles. The zero-order valence-electron chi connectivity index (χ0n) is 38.7. The Kier molecular flexibility index (Phi) is 11.7. The first-order valence-electron chi connectivity index (χ1n) is 23.9. The van der Waals surface area contributed by atoms with Crippen LogP contribution in [0.1, 0.15) is 124 Å². The molecule has 5 aromatic rings. The Balaban J connectivity index is 0.861. The van der Waals surface area contributed by atoms with Crippen LogP contribution in [0.3, 0.4) is 0 Å². The van der Waals surface area contributed by atoms with E-state index < -0.39 is 37.0 Å². The van der Waals surface area contributed by atoms with Crippen LogP contribution in [0.2, 0.25) is 0 Å². The van der Waals surface area contributed by atoms with Gasteiger partial charge in [-0.3, -0.25) is 19.8 Å². The second-order valence-corrected chi connectivity index (χ2v) is 22.2. The molecule has 2 aliphatic carbocycles. The number of nitrogens with zero attached hydrogens (tertiary/aromatic N) is 4. The van der Waals surface area contributed by atoms with Gasteiger partial charge in [0.15, 0.2) is 11.4 Å². The number of ether oxygens (including phenoxy) is 2. The first-order valence-corrected chi connectivity index (χ1v) is 25.4. The van der Waals surface area contributed by atoms with Crippen LogP contribution >= 0.6 is 0 Å². The monoisotopic (exact) mass is 931 g/mol. The fraction of sp³-hybridized carbons (Fsp3) is 0.490. The Bertz CT molecular complexity index is 2820. The number of H-pyrrole nitrogens is 1. The van der Waals surface area contributed by atoms with Gasteiger partial charge in [-0.25, -0.2) is 18.1 Å². The summed E-state index contributed by atoms with van der Waals surface area (Å²) in [6.45, 7) is 11.3. The van der Waals surface area contributed by atoms with Crippen molar-refractivity contribution in [3.63, 3.8) is 0 Å². The second-order valence-electron chi connectivity index (χ2n) is 20.5. The predicted molar refractivity (Wildman–Crippen MR) is 257 cm³/mol. The highest BCUT2D eigenvalue weighted by molar-refractivity contribution is 7.90. The third-order valence-electron chi connectivity index (χ3n) is 15.5. The van der Waals surface area contributed by atoms with E-state index in [1.165, 1.54) is 42.9 Å². The Morgan fingerprint density at radius 2 is 1.78 bits per heavy atom. The van der Waals surface area contributed by atoms with Crippen molar-refractivity contribution >= 4 is 44.0 Å². The number of anilines is 2. The molecule has 67 heavy (non-hydrogen) atoms. The van der Waals surface area contributed by atoms with Crippen LogP contribution < -0.4 is 24.4 Å². The number of aromatic amines is 1. The molecular weight excluding hydrogens is 871 g/mol. The summed E-state index contributed by atoms with van der Waals surface area (Å²) in [5.74, 6) is 0.145. The molecule has 1 spiro atoms. The van der Waals surface area contributed by atoms with Gasteiger partial charge in [-0.1, -0.05) is 38.1 Å². The second kappa shape index (κ2) is 17.4. The molecule has 3 aromatic carbocycles. The lowest BCUT2D eigenvalue weighted by Gasteiger charge is -2.56. The molecule has 3 aliphatic heterocycles. The number of nitro groups is 1. The number of hydrogen-bond donors (Lipinski definition) is 4. The van der Waals surface area contributed by atoms with Crippen molar-refractivity contribution in [2.45, 2.75) is 126 Å². The van der Waals surface area contributed by atoms with E-state index in [0.29, 0.717) is 60.5 Å². The summed E-state index contributed by atoms with van der Waals surface area (Å²) in [5, 5.41) is 26.9. The number of pyridine rings is 1. The van der Waals surface area contributed by atoms with E-state index in [-0.39, 0.29) is 41.3 Å². The lowest BCUT2D eigenvalue weighted by molar-refractivity contribution is -0.384. The molecule has 0 bridgehead atoms. The van der Waals surface area contributed by atoms with Gasteiger partial charge < -0.3 is 29.8 Å². The standard InChI is InChI=1S/C51H61N7O8S/c1-31(2)39-8-5-6-9-40(39)43-10-7-19-57(43)36-27-51(28-36)17-20-56(21-18-51)35-11-12-41(45(24-35)66-37-23-34-22-32(3)53-48(34)52-29-37)49(59)55-67(63,64)38-25-44(58(61)62)47-46(26-38)65-30-42(54-47)33-13-15-50(4,60)16-14-33/h5-6,8-9,11-12,22-26,29,31,33,36,42-43,54,60H,7,10,13-21,27-28,30H2,1-4H3,(H,52,53)(H,55,59)/t33?,42-,43-,50?/m1/s1. The first-order chi connectivity index (χ1) is 32.0. The molecule has 354 valence electrons. The molecule has 4 N–H and O–H groups in total. The fourth-order valence-electron chi connectivity index (χ4n) is 11.7. The number of rotatable bonds is 11. The summed E-state index contributed by atoms with van der Waals surface area (Å²) >= 11 is 0. The Morgan fingerprint density at radius 1 is 1.01 bits per heavy atom. The van der Waals surface area contributed by atoms with Crippen LogP contribution in [0.25, 0.3) is 11.0 Å². The van der Waals surface area contributed by atoms with E-state index in [4.69, 9.17) is 9.47 Å². The van der Waals surface area contributed by atoms with E-state index in [9.17, 15) is 28.4 Å². The van der Waals surface area contributed by atoms with Gasteiger partial charge in [0.2, 0.25) is 0 Å². The smallest absolute Gasteiger partial charge is 0.297 e. The first kappa shape index (κ1) is 45.1. The number of aliphatic hydroxyl groups is 1. The normalized spacial score (nSPS) is 24.2. The highest BCUT2D eigenvalue weighted by atomic mass is 32.2. The van der Waals surface area contributed by atoms with E-state index >= 15 is 0 Å². The van der Waals surface area contributed by atoms with Gasteiger partial charge in [0, 0.05) is 60.1 Å². The summed E-state index contributed by atoms with van der Waals surface area (Å²) in [7, 11) is -4.66.